The lowest BCUT2D eigenvalue weighted by atomic mass is 9.46. The van der Waals surface area contributed by atoms with Crippen LogP contribution in [-0.2, 0) is 18.3 Å². The molecule has 4 aliphatic rings. The fraction of sp³-hybridized carbons (Fsp3) is 0.586. The molecule has 2 bridgehead atoms. The number of aliphatic hydroxyl groups excluding tert-OH is 1. The van der Waals surface area contributed by atoms with Gasteiger partial charge in [-0.15, -0.1) is 0 Å². The second-order valence-electron chi connectivity index (χ2n) is 11.3. The molecule has 176 valence electrons. The van der Waals surface area contributed by atoms with Crippen molar-refractivity contribution in [3.63, 3.8) is 0 Å². The number of hydrogen-bond donors (Lipinski definition) is 1. The van der Waals surface area contributed by atoms with Gasteiger partial charge in [0.2, 0.25) is 0 Å². The van der Waals surface area contributed by atoms with Crippen molar-refractivity contribution in [2.24, 2.45) is 11.3 Å². The van der Waals surface area contributed by atoms with Gasteiger partial charge in [-0.2, -0.15) is 0 Å². The predicted molar refractivity (Wildman–Crippen MR) is 130 cm³/mol. The van der Waals surface area contributed by atoms with Crippen LogP contribution in [-0.4, -0.2) is 49.0 Å². The van der Waals surface area contributed by atoms with Gasteiger partial charge in [-0.25, -0.2) is 0 Å². The molecular formula is C29H37NO3. The highest BCUT2D eigenvalue weighted by Crippen LogP contribution is 2.66. The Hall–Kier alpha value is -2.04. The zero-order valence-corrected chi connectivity index (χ0v) is 20.2. The maximum atomic E-state index is 11.9. The molecule has 4 heteroatoms. The van der Waals surface area contributed by atoms with Crippen molar-refractivity contribution in [2.75, 3.05) is 20.7 Å². The van der Waals surface area contributed by atoms with E-state index in [0.29, 0.717) is 12.0 Å². The van der Waals surface area contributed by atoms with Crippen molar-refractivity contribution in [3.05, 3.63) is 59.2 Å². The van der Waals surface area contributed by atoms with Crippen LogP contribution in [0.15, 0.2) is 42.5 Å². The molecule has 2 aliphatic carbocycles. The summed E-state index contributed by atoms with van der Waals surface area (Å²) in [5, 5.41) is 11.9. The number of likely N-dealkylation sites (tertiary alicyclic amines) is 1. The summed E-state index contributed by atoms with van der Waals surface area (Å²) in [5.41, 5.74) is 3.98. The summed E-state index contributed by atoms with van der Waals surface area (Å²) < 4.78 is 12.5. The van der Waals surface area contributed by atoms with Crippen molar-refractivity contribution in [2.45, 2.75) is 75.5 Å². The summed E-state index contributed by atoms with van der Waals surface area (Å²) in [6, 6.07) is 15.6. The monoisotopic (exact) mass is 447 g/mol. The highest BCUT2D eigenvalue weighted by Gasteiger charge is 2.69. The Morgan fingerprint density at radius 3 is 2.76 bits per heavy atom. The summed E-state index contributed by atoms with van der Waals surface area (Å²) in [6.45, 7) is 3.39. The van der Waals surface area contributed by atoms with Gasteiger partial charge in [0.15, 0.2) is 11.5 Å². The molecular weight excluding hydrogens is 410 g/mol. The molecule has 0 aromatic heterocycles. The van der Waals surface area contributed by atoms with Gasteiger partial charge in [-0.05, 0) is 80.6 Å². The summed E-state index contributed by atoms with van der Waals surface area (Å²) in [6.07, 6.45) is 7.03. The van der Waals surface area contributed by atoms with Gasteiger partial charge in [-0.3, -0.25) is 0 Å². The molecule has 2 fully saturated rings. The van der Waals surface area contributed by atoms with Gasteiger partial charge in [0.05, 0.1) is 13.2 Å². The zero-order chi connectivity index (χ0) is 22.8. The lowest BCUT2D eigenvalue weighted by Crippen LogP contribution is -2.69. The molecule has 4 nitrogen and oxygen atoms in total. The molecule has 0 unspecified atom stereocenters. The molecule has 1 saturated heterocycles. The van der Waals surface area contributed by atoms with Gasteiger partial charge in [-0.1, -0.05) is 49.7 Å². The summed E-state index contributed by atoms with van der Waals surface area (Å²) in [7, 11) is 4.02. The van der Waals surface area contributed by atoms with Crippen LogP contribution in [0.4, 0.5) is 0 Å². The van der Waals surface area contributed by atoms with Crippen LogP contribution >= 0.6 is 0 Å². The fourth-order valence-electron chi connectivity index (χ4n) is 7.89. The van der Waals surface area contributed by atoms with Crippen LogP contribution in [0.2, 0.25) is 0 Å². The normalized spacial score (nSPS) is 36.2. The first kappa shape index (κ1) is 21.5. The van der Waals surface area contributed by atoms with E-state index in [9.17, 15) is 5.11 Å². The number of aliphatic hydroxyl groups is 1. The van der Waals surface area contributed by atoms with Gasteiger partial charge in [0.1, 0.15) is 6.10 Å². The van der Waals surface area contributed by atoms with E-state index in [1.54, 1.807) is 7.11 Å². The minimum atomic E-state index is -0.461. The molecule has 33 heavy (non-hydrogen) atoms. The van der Waals surface area contributed by atoms with Crippen LogP contribution < -0.4 is 9.47 Å². The smallest absolute Gasteiger partial charge is 0.165 e. The average Bonchev–Trinajstić information content (AvgIpc) is 3.17. The fourth-order valence-corrected chi connectivity index (χ4v) is 7.89. The van der Waals surface area contributed by atoms with E-state index in [1.807, 2.05) is 0 Å². The van der Waals surface area contributed by atoms with Crippen LogP contribution in [0.3, 0.4) is 0 Å². The molecule has 6 atom stereocenters. The largest absolute Gasteiger partial charge is 0.493 e. The third-order valence-electron chi connectivity index (χ3n) is 9.64. The van der Waals surface area contributed by atoms with Crippen molar-refractivity contribution < 1.29 is 14.6 Å². The summed E-state index contributed by atoms with van der Waals surface area (Å²) in [5.74, 6) is 2.26. The lowest BCUT2D eigenvalue weighted by Gasteiger charge is -2.62. The van der Waals surface area contributed by atoms with E-state index < -0.39 is 6.10 Å². The molecule has 1 saturated carbocycles. The minimum absolute atomic E-state index is 0.0718. The van der Waals surface area contributed by atoms with E-state index in [1.165, 1.54) is 16.7 Å². The molecule has 2 aromatic carbocycles. The molecule has 2 aliphatic heterocycles. The number of nitrogens with zero attached hydrogens (tertiary/aromatic N) is 1. The number of methoxy groups -OCH3 is 1. The van der Waals surface area contributed by atoms with Gasteiger partial charge in [0.25, 0.3) is 0 Å². The van der Waals surface area contributed by atoms with E-state index >= 15 is 0 Å². The average molecular weight is 448 g/mol. The van der Waals surface area contributed by atoms with Gasteiger partial charge in [0, 0.05) is 17.0 Å². The number of likely N-dealkylation sites (N-methyl/N-ethyl adjacent to an activating group) is 1. The van der Waals surface area contributed by atoms with Crippen molar-refractivity contribution >= 4 is 0 Å². The second kappa shape index (κ2) is 7.74. The Labute approximate surface area is 197 Å². The third kappa shape index (κ3) is 3.03. The molecule has 1 spiro atoms. The lowest BCUT2D eigenvalue weighted by molar-refractivity contribution is -0.161. The highest BCUT2D eigenvalue weighted by atomic mass is 16.5. The number of ether oxygens (including phenoxy) is 2. The van der Waals surface area contributed by atoms with E-state index in [-0.39, 0.29) is 16.9 Å². The van der Waals surface area contributed by atoms with Gasteiger partial charge < -0.3 is 19.5 Å². The van der Waals surface area contributed by atoms with Crippen LogP contribution in [0.5, 0.6) is 11.5 Å². The molecule has 1 N–H and O–H groups in total. The van der Waals surface area contributed by atoms with E-state index in [4.69, 9.17) is 9.47 Å². The number of aryl methyl sites for hydroxylation is 1. The Bertz CT molecular complexity index is 1040. The first-order valence-corrected chi connectivity index (χ1v) is 12.8. The maximum Gasteiger partial charge on any atom is 0.165 e. The number of unbranched alkanes of at least 4 members (excludes halogenated alkanes) is 1. The third-order valence-corrected chi connectivity index (χ3v) is 9.64. The Kier molecular flexibility index (Phi) is 5.04. The second-order valence-corrected chi connectivity index (χ2v) is 11.3. The highest BCUT2D eigenvalue weighted by molar-refractivity contribution is 5.61. The maximum absolute atomic E-state index is 11.9. The quantitative estimate of drug-likeness (QED) is 0.649. The number of piperidine rings is 1. The minimum Gasteiger partial charge on any atom is -0.493 e. The standard InChI is InChI=1S/C29H37NO3/c1-28(14-8-7-11-19-9-5-4-6-10-19)18-21-22-17-20-12-13-23(32-3)25-24(20)29(21,15-16-30(22)2)27(33-25)26(28)31/h4-6,9-10,12-13,21-22,26-27,31H,7-8,11,14-18H2,1-3H3/t21-,22+,26+,27-,28+,29-/m0/s1. The summed E-state index contributed by atoms with van der Waals surface area (Å²) in [4.78, 5) is 2.58. The van der Waals surface area contributed by atoms with Crippen molar-refractivity contribution in [1.82, 2.24) is 4.90 Å². The van der Waals surface area contributed by atoms with Crippen molar-refractivity contribution in [1.29, 1.82) is 0 Å². The molecule has 2 aromatic rings. The predicted octanol–water partition coefficient (Wildman–Crippen LogP) is 4.75. The topological polar surface area (TPSA) is 41.9 Å². The van der Waals surface area contributed by atoms with E-state index in [0.717, 1.165) is 63.0 Å². The molecule has 0 radical (unpaired) electrons. The Morgan fingerprint density at radius 2 is 1.97 bits per heavy atom. The first-order valence-electron chi connectivity index (χ1n) is 12.8. The first-order chi connectivity index (χ1) is 16.0. The van der Waals surface area contributed by atoms with Crippen LogP contribution in [0.1, 0.15) is 55.7 Å². The van der Waals surface area contributed by atoms with Crippen LogP contribution in [0, 0.1) is 11.3 Å². The number of hydrogen-bond acceptors (Lipinski definition) is 4. The molecule has 2 heterocycles. The van der Waals surface area contributed by atoms with Crippen LogP contribution in [0.25, 0.3) is 0 Å². The Balaban J connectivity index is 1.30. The SMILES string of the molecule is COc1ccc2c3c1O[C@H]1[C@@H](O)[C@](C)(CCCCc4ccccc4)C[C@H]4[C@@H](C2)N(C)CC[C@@]341. The number of rotatable bonds is 6. The molecule has 0 amide bonds. The zero-order valence-electron chi connectivity index (χ0n) is 20.2. The summed E-state index contributed by atoms with van der Waals surface area (Å²) >= 11 is 0. The van der Waals surface area contributed by atoms with Crippen molar-refractivity contribution in [3.8, 4) is 11.5 Å². The van der Waals surface area contributed by atoms with Gasteiger partial charge >= 0.3 is 0 Å². The Morgan fingerprint density at radius 1 is 1.15 bits per heavy atom. The molecule has 6 rings (SSSR count). The van der Waals surface area contributed by atoms with E-state index in [2.05, 4.69) is 61.3 Å². The number of benzene rings is 2.